The van der Waals surface area contributed by atoms with Gasteiger partial charge in [0.2, 0.25) is 0 Å². The number of likely N-dealkylation sites (tertiary alicyclic amines) is 1. The van der Waals surface area contributed by atoms with Crippen molar-refractivity contribution in [2.75, 3.05) is 52.4 Å². The Balaban J connectivity index is 1.83. The summed E-state index contributed by atoms with van der Waals surface area (Å²) >= 11 is 0. The van der Waals surface area contributed by atoms with Crippen LogP contribution < -0.4 is 21.7 Å². The second-order valence-electron chi connectivity index (χ2n) is 4.66. The largest absolute Gasteiger partial charge is 0.329 e. The van der Waals surface area contributed by atoms with Gasteiger partial charge in [0.1, 0.15) is 0 Å². The van der Waals surface area contributed by atoms with Gasteiger partial charge in [-0.2, -0.15) is 0 Å². The first-order valence-corrected chi connectivity index (χ1v) is 6.93. The Morgan fingerprint density at radius 2 is 1.59 bits per heavy atom. The monoisotopic (exact) mass is 243 g/mol. The number of hydrogen-bond acceptors (Lipinski definition) is 5. The summed E-state index contributed by atoms with van der Waals surface area (Å²) in [5.74, 6) is 0. The molecule has 0 aliphatic carbocycles. The van der Waals surface area contributed by atoms with E-state index in [0.29, 0.717) is 6.17 Å². The van der Waals surface area contributed by atoms with Gasteiger partial charge in [0.25, 0.3) is 0 Å². The third kappa shape index (κ3) is 6.95. The van der Waals surface area contributed by atoms with Crippen LogP contribution in [0.3, 0.4) is 0 Å². The van der Waals surface area contributed by atoms with Crippen LogP contribution in [-0.4, -0.2) is 63.4 Å². The Kier molecular flexibility index (Phi) is 8.56. The molecular weight excluding hydrogens is 214 g/mol. The summed E-state index contributed by atoms with van der Waals surface area (Å²) in [4.78, 5) is 2.52. The summed E-state index contributed by atoms with van der Waals surface area (Å²) in [6.45, 7) is 10.5. The second-order valence-corrected chi connectivity index (χ2v) is 4.66. The molecule has 0 aromatic heterocycles. The summed E-state index contributed by atoms with van der Waals surface area (Å²) < 4.78 is 0. The van der Waals surface area contributed by atoms with Crippen LogP contribution in [0, 0.1) is 0 Å². The molecule has 1 heterocycles. The van der Waals surface area contributed by atoms with E-state index in [2.05, 4.69) is 27.8 Å². The van der Waals surface area contributed by atoms with Gasteiger partial charge in [-0.25, -0.2) is 0 Å². The van der Waals surface area contributed by atoms with Crippen molar-refractivity contribution in [3.8, 4) is 0 Å². The molecule has 0 aromatic rings. The molecule has 102 valence electrons. The molecule has 1 fully saturated rings. The van der Waals surface area contributed by atoms with E-state index >= 15 is 0 Å². The van der Waals surface area contributed by atoms with Crippen LogP contribution in [0.4, 0.5) is 0 Å². The first-order chi connectivity index (χ1) is 8.34. The lowest BCUT2D eigenvalue weighted by Crippen LogP contribution is -2.44. The van der Waals surface area contributed by atoms with Crippen LogP contribution in [-0.2, 0) is 0 Å². The third-order valence-corrected chi connectivity index (χ3v) is 3.23. The van der Waals surface area contributed by atoms with Crippen molar-refractivity contribution >= 4 is 0 Å². The summed E-state index contributed by atoms with van der Waals surface area (Å²) in [6, 6.07) is 0. The molecule has 5 nitrogen and oxygen atoms in total. The molecule has 1 aliphatic rings. The Labute approximate surface area is 105 Å². The molecule has 1 aliphatic heterocycles. The number of rotatable bonds is 10. The van der Waals surface area contributed by atoms with E-state index in [4.69, 9.17) is 5.73 Å². The minimum Gasteiger partial charge on any atom is -0.329 e. The van der Waals surface area contributed by atoms with Crippen molar-refractivity contribution in [1.29, 1.82) is 0 Å². The quantitative estimate of drug-likeness (QED) is 0.377. The third-order valence-electron chi connectivity index (χ3n) is 3.23. The Hall–Kier alpha value is -0.200. The highest BCUT2D eigenvalue weighted by Gasteiger charge is 2.16. The molecule has 1 atom stereocenters. The Bertz CT molecular complexity index is 170. The highest BCUT2D eigenvalue weighted by atomic mass is 15.3. The molecule has 1 rings (SSSR count). The average molecular weight is 243 g/mol. The van der Waals surface area contributed by atoms with Gasteiger partial charge in [-0.1, -0.05) is 0 Å². The highest BCUT2D eigenvalue weighted by molar-refractivity contribution is 4.71. The molecule has 5 N–H and O–H groups in total. The fraction of sp³-hybridized carbons (Fsp3) is 1.00. The zero-order valence-corrected chi connectivity index (χ0v) is 11.2. The van der Waals surface area contributed by atoms with Crippen molar-refractivity contribution in [2.24, 2.45) is 5.73 Å². The topological polar surface area (TPSA) is 65.3 Å². The maximum absolute atomic E-state index is 5.39. The first-order valence-electron chi connectivity index (χ1n) is 6.93. The molecular formula is C12H29N5. The minimum absolute atomic E-state index is 0.523. The molecule has 0 spiro atoms. The highest BCUT2D eigenvalue weighted by Crippen LogP contribution is 2.09. The van der Waals surface area contributed by atoms with Crippen LogP contribution in [0.15, 0.2) is 0 Å². The summed E-state index contributed by atoms with van der Waals surface area (Å²) in [6.07, 6.45) is 3.24. The van der Waals surface area contributed by atoms with Gasteiger partial charge >= 0.3 is 0 Å². The predicted molar refractivity (Wildman–Crippen MR) is 73.1 cm³/mol. The molecule has 5 heteroatoms. The van der Waals surface area contributed by atoms with Gasteiger partial charge in [0.05, 0.1) is 6.17 Å². The molecule has 0 bridgehead atoms. The Morgan fingerprint density at radius 1 is 1.00 bits per heavy atom. The van der Waals surface area contributed by atoms with Gasteiger partial charge in [0, 0.05) is 39.3 Å². The SMILES string of the molecule is CC(NCCNCCNCCN)N1CCCC1. The minimum atomic E-state index is 0.523. The molecule has 0 saturated carbocycles. The molecule has 17 heavy (non-hydrogen) atoms. The van der Waals surface area contributed by atoms with E-state index in [1.165, 1.54) is 25.9 Å². The van der Waals surface area contributed by atoms with Crippen molar-refractivity contribution in [3.63, 3.8) is 0 Å². The summed E-state index contributed by atoms with van der Waals surface area (Å²) in [7, 11) is 0. The van der Waals surface area contributed by atoms with Gasteiger partial charge in [-0.05, 0) is 32.9 Å². The van der Waals surface area contributed by atoms with E-state index in [1.807, 2.05) is 0 Å². The summed E-state index contributed by atoms with van der Waals surface area (Å²) in [5, 5.41) is 10.2. The van der Waals surface area contributed by atoms with Crippen LogP contribution in [0.1, 0.15) is 19.8 Å². The Morgan fingerprint density at radius 3 is 2.24 bits per heavy atom. The van der Waals surface area contributed by atoms with Crippen molar-refractivity contribution in [1.82, 2.24) is 20.9 Å². The van der Waals surface area contributed by atoms with Crippen molar-refractivity contribution in [3.05, 3.63) is 0 Å². The van der Waals surface area contributed by atoms with Gasteiger partial charge in [0.15, 0.2) is 0 Å². The number of nitrogens with zero attached hydrogens (tertiary/aromatic N) is 1. The smallest absolute Gasteiger partial charge is 0.0568 e. The van der Waals surface area contributed by atoms with E-state index in [-0.39, 0.29) is 0 Å². The number of nitrogens with one attached hydrogen (secondary N) is 3. The first kappa shape index (κ1) is 14.9. The van der Waals surface area contributed by atoms with Crippen LogP contribution in [0.2, 0.25) is 0 Å². The number of nitrogens with two attached hydrogens (primary N) is 1. The van der Waals surface area contributed by atoms with Gasteiger partial charge in [-0.3, -0.25) is 4.90 Å². The van der Waals surface area contributed by atoms with Gasteiger partial charge in [-0.15, -0.1) is 0 Å². The molecule has 0 aromatic carbocycles. The zero-order chi connectivity index (χ0) is 12.3. The standard InChI is InChI=1S/C12H29N5/c1-12(17-10-2-3-11-17)16-9-8-15-7-6-14-5-4-13/h12,14-16H,2-11,13H2,1H3. The zero-order valence-electron chi connectivity index (χ0n) is 11.2. The lowest BCUT2D eigenvalue weighted by Gasteiger charge is -2.24. The maximum Gasteiger partial charge on any atom is 0.0568 e. The molecule has 0 amide bonds. The summed E-state index contributed by atoms with van der Waals surface area (Å²) in [5.41, 5.74) is 5.39. The lowest BCUT2D eigenvalue weighted by atomic mass is 10.4. The van der Waals surface area contributed by atoms with Crippen molar-refractivity contribution < 1.29 is 0 Å². The molecule has 0 radical (unpaired) electrons. The second kappa shape index (κ2) is 9.79. The molecule has 1 unspecified atom stereocenters. The average Bonchev–Trinajstić information content (AvgIpc) is 2.86. The fourth-order valence-electron chi connectivity index (χ4n) is 2.16. The normalized spacial score (nSPS) is 18.7. The van der Waals surface area contributed by atoms with Crippen LogP contribution in [0.5, 0.6) is 0 Å². The van der Waals surface area contributed by atoms with E-state index in [9.17, 15) is 0 Å². The maximum atomic E-state index is 5.39. The van der Waals surface area contributed by atoms with Crippen molar-refractivity contribution in [2.45, 2.75) is 25.9 Å². The van der Waals surface area contributed by atoms with E-state index < -0.39 is 0 Å². The van der Waals surface area contributed by atoms with Crippen LogP contribution in [0.25, 0.3) is 0 Å². The lowest BCUT2D eigenvalue weighted by molar-refractivity contribution is 0.221. The molecule has 1 saturated heterocycles. The predicted octanol–water partition coefficient (Wildman–Crippen LogP) is -0.844. The van der Waals surface area contributed by atoms with E-state index in [0.717, 1.165) is 39.3 Å². The number of hydrogen-bond donors (Lipinski definition) is 4. The van der Waals surface area contributed by atoms with Crippen LogP contribution >= 0.6 is 0 Å². The fourth-order valence-corrected chi connectivity index (χ4v) is 2.16. The van der Waals surface area contributed by atoms with Gasteiger partial charge < -0.3 is 21.7 Å². The van der Waals surface area contributed by atoms with E-state index in [1.54, 1.807) is 0 Å².